The van der Waals surface area contributed by atoms with Crippen molar-refractivity contribution < 1.29 is 4.79 Å². The summed E-state index contributed by atoms with van der Waals surface area (Å²) in [5.74, 6) is 0.843. The maximum atomic E-state index is 12.1. The Morgan fingerprint density at radius 2 is 2.05 bits per heavy atom. The van der Waals surface area contributed by atoms with Crippen LogP contribution in [0.4, 0.5) is 5.69 Å². The minimum Gasteiger partial charge on any atom is -0.324 e. The minimum absolute atomic E-state index is 0.0844. The van der Waals surface area contributed by atoms with Crippen molar-refractivity contribution in [3.8, 4) is 0 Å². The Labute approximate surface area is 134 Å². The fraction of sp³-hybridized carbons (Fsp3) is 0.533. The van der Waals surface area contributed by atoms with E-state index in [9.17, 15) is 4.79 Å². The maximum Gasteiger partial charge on any atom is 0.238 e. The van der Waals surface area contributed by atoms with Gasteiger partial charge in [-0.05, 0) is 80.2 Å². The molecule has 20 heavy (non-hydrogen) atoms. The van der Waals surface area contributed by atoms with E-state index in [0.717, 1.165) is 34.8 Å². The second-order valence-corrected chi connectivity index (χ2v) is 6.47. The molecular formula is C15H22IN3O. The van der Waals surface area contributed by atoms with E-state index >= 15 is 0 Å². The van der Waals surface area contributed by atoms with E-state index in [0.29, 0.717) is 6.54 Å². The molecule has 0 saturated carbocycles. The van der Waals surface area contributed by atoms with Crippen molar-refractivity contribution in [2.75, 3.05) is 38.5 Å². The summed E-state index contributed by atoms with van der Waals surface area (Å²) in [7, 11) is 2.00. The highest BCUT2D eigenvalue weighted by Crippen LogP contribution is 2.18. The summed E-state index contributed by atoms with van der Waals surface area (Å²) in [6, 6.07) is 7.86. The smallest absolute Gasteiger partial charge is 0.238 e. The molecule has 5 heteroatoms. The molecule has 110 valence electrons. The highest BCUT2D eigenvalue weighted by Gasteiger charge is 2.20. The van der Waals surface area contributed by atoms with Gasteiger partial charge in [-0.25, -0.2) is 0 Å². The van der Waals surface area contributed by atoms with E-state index in [1.54, 1.807) is 0 Å². The van der Waals surface area contributed by atoms with Crippen molar-refractivity contribution in [2.45, 2.75) is 12.8 Å². The number of para-hydroxylation sites is 1. The molecule has 4 nitrogen and oxygen atoms in total. The molecule has 0 aromatic heterocycles. The van der Waals surface area contributed by atoms with Gasteiger partial charge in [0.2, 0.25) is 5.91 Å². The molecule has 0 unspecified atom stereocenters. The molecule has 1 heterocycles. The lowest BCUT2D eigenvalue weighted by Crippen LogP contribution is -2.40. The fourth-order valence-electron chi connectivity index (χ4n) is 2.59. The second kappa shape index (κ2) is 7.95. The summed E-state index contributed by atoms with van der Waals surface area (Å²) in [6.45, 7) is 3.62. The molecule has 1 aliphatic heterocycles. The van der Waals surface area contributed by atoms with Crippen LogP contribution in [0.25, 0.3) is 0 Å². The van der Waals surface area contributed by atoms with Crippen molar-refractivity contribution >= 4 is 34.2 Å². The number of nitrogens with one attached hydrogen (secondary N) is 2. The van der Waals surface area contributed by atoms with Crippen LogP contribution in [-0.2, 0) is 4.79 Å². The first kappa shape index (κ1) is 15.7. The van der Waals surface area contributed by atoms with Crippen LogP contribution in [-0.4, -0.2) is 44.0 Å². The first-order valence-electron chi connectivity index (χ1n) is 7.10. The molecule has 1 aromatic carbocycles. The van der Waals surface area contributed by atoms with E-state index in [1.165, 1.54) is 12.8 Å². The van der Waals surface area contributed by atoms with Gasteiger partial charge in [0.1, 0.15) is 0 Å². The summed E-state index contributed by atoms with van der Waals surface area (Å²) in [5, 5.41) is 6.23. The third-order valence-electron chi connectivity index (χ3n) is 3.72. The van der Waals surface area contributed by atoms with E-state index < -0.39 is 0 Å². The summed E-state index contributed by atoms with van der Waals surface area (Å²) < 4.78 is 1.08. The predicted molar refractivity (Wildman–Crippen MR) is 90.9 cm³/mol. The Hall–Kier alpha value is -0.660. The van der Waals surface area contributed by atoms with Gasteiger partial charge in [-0.2, -0.15) is 0 Å². The molecule has 2 N–H and O–H groups in total. The number of amides is 1. The van der Waals surface area contributed by atoms with Crippen LogP contribution in [0, 0.1) is 9.49 Å². The summed E-state index contributed by atoms with van der Waals surface area (Å²) in [6.07, 6.45) is 2.36. The monoisotopic (exact) mass is 387 g/mol. The molecule has 0 radical (unpaired) electrons. The number of nitrogens with zero attached hydrogens (tertiary/aromatic N) is 1. The third kappa shape index (κ3) is 4.71. The quantitative estimate of drug-likeness (QED) is 0.762. The van der Waals surface area contributed by atoms with Crippen LogP contribution in [0.15, 0.2) is 24.3 Å². The Morgan fingerprint density at radius 3 is 2.70 bits per heavy atom. The second-order valence-electron chi connectivity index (χ2n) is 5.31. The van der Waals surface area contributed by atoms with E-state index in [1.807, 2.05) is 31.3 Å². The number of carbonyl (C=O) groups is 1. The van der Waals surface area contributed by atoms with Crippen LogP contribution in [0.3, 0.4) is 0 Å². The lowest BCUT2D eigenvalue weighted by Gasteiger charge is -2.31. The first-order valence-corrected chi connectivity index (χ1v) is 8.18. The minimum atomic E-state index is 0.0844. The van der Waals surface area contributed by atoms with Crippen LogP contribution < -0.4 is 10.6 Å². The highest BCUT2D eigenvalue weighted by atomic mass is 127. The molecule has 2 rings (SSSR count). The number of hydrogen-bond acceptors (Lipinski definition) is 3. The lowest BCUT2D eigenvalue weighted by molar-refractivity contribution is -0.117. The maximum absolute atomic E-state index is 12.1. The van der Waals surface area contributed by atoms with E-state index in [2.05, 4.69) is 38.1 Å². The van der Waals surface area contributed by atoms with Crippen molar-refractivity contribution in [3.05, 3.63) is 27.8 Å². The SMILES string of the molecule is CNCC1CCN(CC(=O)Nc2ccccc2I)CC1. The number of piperidine rings is 1. The Morgan fingerprint density at radius 1 is 1.35 bits per heavy atom. The fourth-order valence-corrected chi connectivity index (χ4v) is 3.11. The topological polar surface area (TPSA) is 44.4 Å². The van der Waals surface area contributed by atoms with Crippen LogP contribution in [0.2, 0.25) is 0 Å². The molecule has 1 aliphatic rings. The standard InChI is InChI=1S/C15H22IN3O/c1-17-10-12-6-8-19(9-7-12)11-15(20)18-14-5-3-2-4-13(14)16/h2-5,12,17H,6-11H2,1H3,(H,18,20). The third-order valence-corrected chi connectivity index (χ3v) is 4.66. The summed E-state index contributed by atoms with van der Waals surface area (Å²) in [4.78, 5) is 14.3. The number of halogens is 1. The molecule has 0 aliphatic carbocycles. The Bertz CT molecular complexity index is 444. The first-order chi connectivity index (χ1) is 9.69. The number of carbonyl (C=O) groups excluding carboxylic acids is 1. The number of hydrogen-bond donors (Lipinski definition) is 2. The predicted octanol–water partition coefficient (Wildman–Crippen LogP) is 2.16. The zero-order valence-corrected chi connectivity index (χ0v) is 14.0. The van der Waals surface area contributed by atoms with Gasteiger partial charge in [0.05, 0.1) is 12.2 Å². The number of likely N-dealkylation sites (tertiary alicyclic amines) is 1. The van der Waals surface area contributed by atoms with E-state index in [4.69, 9.17) is 0 Å². The van der Waals surface area contributed by atoms with Crippen molar-refractivity contribution in [3.63, 3.8) is 0 Å². The zero-order chi connectivity index (χ0) is 14.4. The van der Waals surface area contributed by atoms with Crippen molar-refractivity contribution in [2.24, 2.45) is 5.92 Å². The average Bonchev–Trinajstić information content (AvgIpc) is 2.44. The largest absolute Gasteiger partial charge is 0.324 e. The number of benzene rings is 1. The molecule has 1 aromatic rings. The van der Waals surface area contributed by atoms with Crippen molar-refractivity contribution in [1.29, 1.82) is 0 Å². The summed E-state index contributed by atoms with van der Waals surface area (Å²) >= 11 is 2.24. The number of anilines is 1. The van der Waals surface area contributed by atoms with Crippen LogP contribution in [0.5, 0.6) is 0 Å². The van der Waals surface area contributed by atoms with Gasteiger partial charge >= 0.3 is 0 Å². The molecule has 0 atom stereocenters. The molecule has 1 amide bonds. The van der Waals surface area contributed by atoms with Crippen LogP contribution >= 0.6 is 22.6 Å². The van der Waals surface area contributed by atoms with E-state index in [-0.39, 0.29) is 5.91 Å². The Balaban J connectivity index is 1.77. The van der Waals surface area contributed by atoms with Gasteiger partial charge in [-0.3, -0.25) is 9.69 Å². The van der Waals surface area contributed by atoms with Gasteiger partial charge in [0.25, 0.3) is 0 Å². The zero-order valence-electron chi connectivity index (χ0n) is 11.9. The molecule has 0 bridgehead atoms. The molecule has 0 spiro atoms. The average molecular weight is 387 g/mol. The van der Waals surface area contributed by atoms with Gasteiger partial charge in [0, 0.05) is 3.57 Å². The van der Waals surface area contributed by atoms with Gasteiger partial charge < -0.3 is 10.6 Å². The van der Waals surface area contributed by atoms with Gasteiger partial charge in [-0.15, -0.1) is 0 Å². The molecule has 1 fully saturated rings. The molecular weight excluding hydrogens is 365 g/mol. The van der Waals surface area contributed by atoms with Gasteiger partial charge in [-0.1, -0.05) is 12.1 Å². The normalized spacial score (nSPS) is 17.1. The highest BCUT2D eigenvalue weighted by molar-refractivity contribution is 14.1. The van der Waals surface area contributed by atoms with Crippen LogP contribution in [0.1, 0.15) is 12.8 Å². The molecule has 1 saturated heterocycles. The number of rotatable bonds is 5. The summed E-state index contributed by atoms with van der Waals surface area (Å²) in [5.41, 5.74) is 0.906. The van der Waals surface area contributed by atoms with Gasteiger partial charge in [0.15, 0.2) is 0 Å². The lowest BCUT2D eigenvalue weighted by atomic mass is 9.97. The van der Waals surface area contributed by atoms with Crippen molar-refractivity contribution in [1.82, 2.24) is 10.2 Å². The Kier molecular flexibility index (Phi) is 6.25.